The van der Waals surface area contributed by atoms with Crippen molar-refractivity contribution in [3.8, 4) is 0 Å². The molecule has 1 N–H and O–H groups in total. The minimum atomic E-state index is -1.02. The molecule has 3 nitrogen and oxygen atoms in total. The Balaban J connectivity index is 3.09. The van der Waals surface area contributed by atoms with Crippen LogP contribution in [0.15, 0.2) is 36.9 Å². The first-order valence-corrected chi connectivity index (χ1v) is 7.39. The SMILES string of the molecule is C=CCNC(c1ccc(C)cc1)C(Br)(Br)C(=O)OC. The van der Waals surface area contributed by atoms with E-state index in [1.165, 1.54) is 12.7 Å². The van der Waals surface area contributed by atoms with Crippen LogP contribution in [0.25, 0.3) is 0 Å². The van der Waals surface area contributed by atoms with Gasteiger partial charge >= 0.3 is 5.97 Å². The molecule has 0 heterocycles. The number of carbonyl (C=O) groups is 1. The molecule has 0 amide bonds. The lowest BCUT2D eigenvalue weighted by Crippen LogP contribution is -2.41. The van der Waals surface area contributed by atoms with E-state index in [4.69, 9.17) is 4.74 Å². The summed E-state index contributed by atoms with van der Waals surface area (Å²) < 4.78 is 3.80. The predicted octanol–water partition coefficient (Wildman–Crippen LogP) is 3.47. The smallest absolute Gasteiger partial charge is 0.335 e. The first kappa shape index (κ1) is 16.4. The van der Waals surface area contributed by atoms with Crippen LogP contribution in [0.3, 0.4) is 0 Å². The Hall–Kier alpha value is -0.650. The van der Waals surface area contributed by atoms with Gasteiger partial charge in [0.2, 0.25) is 0 Å². The molecule has 19 heavy (non-hydrogen) atoms. The van der Waals surface area contributed by atoms with Gasteiger partial charge in [-0.25, -0.2) is 4.79 Å². The van der Waals surface area contributed by atoms with Crippen molar-refractivity contribution in [3.05, 3.63) is 48.0 Å². The molecule has 0 aliphatic heterocycles. The van der Waals surface area contributed by atoms with E-state index in [2.05, 4.69) is 43.8 Å². The van der Waals surface area contributed by atoms with Crippen molar-refractivity contribution in [2.45, 2.75) is 16.2 Å². The lowest BCUT2D eigenvalue weighted by molar-refractivity contribution is -0.141. The number of aryl methyl sites for hydroxylation is 1. The number of nitrogens with one attached hydrogen (secondary N) is 1. The molecule has 0 radical (unpaired) electrons. The highest BCUT2D eigenvalue weighted by Gasteiger charge is 2.42. The molecular weight excluding hydrogens is 374 g/mol. The number of methoxy groups -OCH3 is 1. The maximum atomic E-state index is 11.9. The van der Waals surface area contributed by atoms with Gasteiger partial charge in [0.05, 0.1) is 13.2 Å². The lowest BCUT2D eigenvalue weighted by Gasteiger charge is -2.29. The largest absolute Gasteiger partial charge is 0.467 e. The topological polar surface area (TPSA) is 38.3 Å². The number of hydrogen-bond acceptors (Lipinski definition) is 3. The molecule has 0 spiro atoms. The van der Waals surface area contributed by atoms with Gasteiger partial charge in [0, 0.05) is 6.54 Å². The lowest BCUT2D eigenvalue weighted by atomic mass is 10.0. The van der Waals surface area contributed by atoms with E-state index in [9.17, 15) is 4.79 Å². The maximum absolute atomic E-state index is 11.9. The molecule has 0 saturated heterocycles. The normalized spacial score (nSPS) is 12.8. The molecule has 0 fully saturated rings. The quantitative estimate of drug-likeness (QED) is 0.459. The predicted molar refractivity (Wildman–Crippen MR) is 84.7 cm³/mol. The Labute approximate surface area is 130 Å². The molecule has 5 heteroatoms. The molecule has 0 aromatic heterocycles. The van der Waals surface area contributed by atoms with Gasteiger partial charge in [0.1, 0.15) is 0 Å². The third kappa shape index (κ3) is 4.16. The summed E-state index contributed by atoms with van der Waals surface area (Å²) in [6, 6.07) is 7.70. The Morgan fingerprint density at radius 2 is 2.05 bits per heavy atom. The van der Waals surface area contributed by atoms with Gasteiger partial charge in [0.15, 0.2) is 3.23 Å². The van der Waals surface area contributed by atoms with Crippen LogP contribution in [0.2, 0.25) is 0 Å². The minimum Gasteiger partial charge on any atom is -0.467 e. The molecule has 1 aromatic rings. The van der Waals surface area contributed by atoms with Gasteiger partial charge in [0.25, 0.3) is 0 Å². The van der Waals surface area contributed by atoms with Gasteiger partial charge in [-0.05, 0) is 12.5 Å². The second-order valence-corrected chi connectivity index (χ2v) is 7.72. The summed E-state index contributed by atoms with van der Waals surface area (Å²) in [4.78, 5) is 11.9. The van der Waals surface area contributed by atoms with Crippen LogP contribution in [0.4, 0.5) is 0 Å². The number of carbonyl (C=O) groups excluding carboxylic acids is 1. The van der Waals surface area contributed by atoms with Crippen LogP contribution in [-0.4, -0.2) is 22.9 Å². The van der Waals surface area contributed by atoms with E-state index < -0.39 is 9.20 Å². The Morgan fingerprint density at radius 3 is 2.53 bits per heavy atom. The molecule has 104 valence electrons. The Bertz CT molecular complexity index is 443. The van der Waals surface area contributed by atoms with Crippen LogP contribution in [0.1, 0.15) is 17.2 Å². The second-order valence-electron chi connectivity index (χ2n) is 4.16. The third-order valence-corrected chi connectivity index (χ3v) is 4.26. The maximum Gasteiger partial charge on any atom is 0.335 e. The summed E-state index contributed by atoms with van der Waals surface area (Å²) in [7, 11) is 1.36. The van der Waals surface area contributed by atoms with Gasteiger partial charge in [-0.1, -0.05) is 67.8 Å². The number of ether oxygens (including phenoxy) is 1. The van der Waals surface area contributed by atoms with Crippen molar-refractivity contribution >= 4 is 37.8 Å². The third-order valence-electron chi connectivity index (χ3n) is 2.70. The van der Waals surface area contributed by atoms with Crippen molar-refractivity contribution in [2.24, 2.45) is 0 Å². The van der Waals surface area contributed by atoms with Crippen LogP contribution in [0.5, 0.6) is 0 Å². The summed E-state index contributed by atoms with van der Waals surface area (Å²) in [6.45, 7) is 6.28. The van der Waals surface area contributed by atoms with Crippen molar-refractivity contribution in [2.75, 3.05) is 13.7 Å². The zero-order valence-electron chi connectivity index (χ0n) is 11.0. The van der Waals surface area contributed by atoms with Gasteiger partial charge < -0.3 is 10.1 Å². The van der Waals surface area contributed by atoms with E-state index in [1.807, 2.05) is 31.2 Å². The van der Waals surface area contributed by atoms with Crippen LogP contribution >= 0.6 is 31.9 Å². The number of hydrogen-bond donors (Lipinski definition) is 1. The molecule has 1 atom stereocenters. The highest BCUT2D eigenvalue weighted by molar-refractivity contribution is 9.26. The van der Waals surface area contributed by atoms with Crippen LogP contribution < -0.4 is 5.32 Å². The van der Waals surface area contributed by atoms with Crippen molar-refractivity contribution < 1.29 is 9.53 Å². The molecule has 0 aliphatic carbocycles. The number of halogens is 2. The number of rotatable bonds is 6. The summed E-state index contributed by atoms with van der Waals surface area (Å²) in [5, 5.41) is 3.25. The fourth-order valence-corrected chi connectivity index (χ4v) is 2.85. The molecule has 1 rings (SSSR count). The summed E-state index contributed by atoms with van der Waals surface area (Å²) in [5.41, 5.74) is 2.14. The minimum absolute atomic E-state index is 0.279. The van der Waals surface area contributed by atoms with Gasteiger partial charge in [-0.15, -0.1) is 6.58 Å². The highest BCUT2D eigenvalue weighted by atomic mass is 79.9. The fraction of sp³-hybridized carbons (Fsp3) is 0.357. The van der Waals surface area contributed by atoms with E-state index >= 15 is 0 Å². The van der Waals surface area contributed by atoms with E-state index in [-0.39, 0.29) is 6.04 Å². The monoisotopic (exact) mass is 389 g/mol. The molecule has 0 bridgehead atoms. The number of benzene rings is 1. The van der Waals surface area contributed by atoms with E-state index in [1.54, 1.807) is 6.08 Å². The molecular formula is C14H17Br2NO2. The second kappa shape index (κ2) is 7.22. The summed E-state index contributed by atoms with van der Waals surface area (Å²) in [6.07, 6.45) is 1.74. The first-order valence-electron chi connectivity index (χ1n) is 5.80. The standard InChI is InChI=1S/C14H17Br2NO2/c1-4-9-17-12(14(15,16)13(18)19-3)11-7-5-10(2)6-8-11/h4-8,12,17H,1,9H2,2-3H3. The van der Waals surface area contributed by atoms with Crippen LogP contribution in [-0.2, 0) is 9.53 Å². The first-order chi connectivity index (χ1) is 8.93. The average Bonchev–Trinajstić information content (AvgIpc) is 2.40. The van der Waals surface area contributed by atoms with Gasteiger partial charge in [-0.2, -0.15) is 0 Å². The highest BCUT2D eigenvalue weighted by Crippen LogP contribution is 2.40. The Kier molecular flexibility index (Phi) is 6.23. The number of alkyl halides is 2. The van der Waals surface area contributed by atoms with E-state index in [0.717, 1.165) is 5.56 Å². The zero-order chi connectivity index (χ0) is 14.5. The molecule has 1 aromatic carbocycles. The van der Waals surface area contributed by atoms with Crippen molar-refractivity contribution in [1.82, 2.24) is 5.32 Å². The van der Waals surface area contributed by atoms with Crippen molar-refractivity contribution in [3.63, 3.8) is 0 Å². The van der Waals surface area contributed by atoms with Gasteiger partial charge in [-0.3, -0.25) is 0 Å². The number of esters is 1. The van der Waals surface area contributed by atoms with Crippen molar-refractivity contribution in [1.29, 1.82) is 0 Å². The zero-order valence-corrected chi connectivity index (χ0v) is 14.1. The van der Waals surface area contributed by atoms with E-state index in [0.29, 0.717) is 6.54 Å². The summed E-state index contributed by atoms with van der Waals surface area (Å²) in [5.74, 6) is -0.394. The average molecular weight is 391 g/mol. The molecule has 0 saturated carbocycles. The Morgan fingerprint density at radius 1 is 1.47 bits per heavy atom. The fourth-order valence-electron chi connectivity index (χ4n) is 1.67. The van der Waals surface area contributed by atoms with Crippen LogP contribution in [0, 0.1) is 6.92 Å². The summed E-state index contributed by atoms with van der Waals surface area (Å²) >= 11 is 6.81. The molecule has 0 aliphatic rings. The molecule has 1 unspecified atom stereocenters.